The molecular formula is C9H11NaO6S. The standard InChI is InChI=1S/C9H12O6S.Na/c10-6-9(15-16(11,12)13)7-14-8-4-2-1-3-5-8;/h1-5,9-10H,6-7H2,(H,11,12,13);/q;+1/p-1. The number of rotatable bonds is 6. The van der Waals surface area contributed by atoms with Crippen LogP contribution in [0, 0.1) is 0 Å². The van der Waals surface area contributed by atoms with Crippen LogP contribution < -0.4 is 34.3 Å². The van der Waals surface area contributed by atoms with Crippen LogP contribution in [0.15, 0.2) is 30.3 Å². The van der Waals surface area contributed by atoms with Crippen molar-refractivity contribution in [3.8, 4) is 5.75 Å². The zero-order valence-corrected chi connectivity index (χ0v) is 12.1. The van der Waals surface area contributed by atoms with Gasteiger partial charge in [-0.05, 0) is 12.1 Å². The molecule has 0 aliphatic rings. The molecule has 8 heteroatoms. The maximum absolute atomic E-state index is 10.3. The van der Waals surface area contributed by atoms with Gasteiger partial charge in [0.05, 0.1) is 6.61 Å². The zero-order chi connectivity index (χ0) is 12.0. The number of benzene rings is 1. The van der Waals surface area contributed by atoms with Crippen LogP contribution in [0.5, 0.6) is 5.75 Å². The van der Waals surface area contributed by atoms with Gasteiger partial charge in [-0.3, -0.25) is 4.18 Å². The van der Waals surface area contributed by atoms with E-state index in [1.165, 1.54) is 0 Å². The van der Waals surface area contributed by atoms with Crippen molar-refractivity contribution in [3.63, 3.8) is 0 Å². The Hall–Kier alpha value is -0.150. The molecule has 0 heterocycles. The smallest absolute Gasteiger partial charge is 0.726 e. The average molecular weight is 270 g/mol. The second-order valence-electron chi connectivity index (χ2n) is 2.93. The van der Waals surface area contributed by atoms with Gasteiger partial charge in [-0.15, -0.1) is 0 Å². The molecule has 1 rings (SSSR count). The van der Waals surface area contributed by atoms with Crippen LogP contribution in [-0.2, 0) is 14.6 Å². The molecule has 0 amide bonds. The van der Waals surface area contributed by atoms with Gasteiger partial charge in [-0.2, -0.15) is 0 Å². The van der Waals surface area contributed by atoms with Crippen LogP contribution in [-0.4, -0.2) is 37.4 Å². The minimum Gasteiger partial charge on any atom is -0.726 e. The van der Waals surface area contributed by atoms with Crippen LogP contribution in [0.25, 0.3) is 0 Å². The number of hydrogen-bond donors (Lipinski definition) is 1. The summed E-state index contributed by atoms with van der Waals surface area (Å²) < 4.78 is 40.0. The fraction of sp³-hybridized carbons (Fsp3) is 0.333. The van der Waals surface area contributed by atoms with E-state index in [0.29, 0.717) is 5.75 Å². The second kappa shape index (κ2) is 8.04. The van der Waals surface area contributed by atoms with Crippen LogP contribution >= 0.6 is 0 Å². The number of para-hydroxylation sites is 1. The largest absolute Gasteiger partial charge is 1.00 e. The van der Waals surface area contributed by atoms with Gasteiger partial charge in [0.1, 0.15) is 18.5 Å². The Balaban J connectivity index is 0.00000256. The van der Waals surface area contributed by atoms with Crippen molar-refractivity contribution in [1.82, 2.24) is 0 Å². The molecule has 0 spiro atoms. The molecule has 6 nitrogen and oxygen atoms in total. The normalized spacial score (nSPS) is 12.6. The van der Waals surface area contributed by atoms with E-state index < -0.39 is 23.1 Å². The Kier molecular flexibility index (Phi) is 7.97. The van der Waals surface area contributed by atoms with Crippen molar-refractivity contribution in [2.24, 2.45) is 0 Å². The molecule has 0 aromatic heterocycles. The first kappa shape index (κ1) is 16.9. The first-order valence-corrected chi connectivity index (χ1v) is 5.77. The van der Waals surface area contributed by atoms with Crippen molar-refractivity contribution in [1.29, 1.82) is 0 Å². The Morgan fingerprint density at radius 2 is 1.88 bits per heavy atom. The van der Waals surface area contributed by atoms with Crippen molar-refractivity contribution < 1.29 is 56.6 Å². The van der Waals surface area contributed by atoms with E-state index in [9.17, 15) is 13.0 Å². The average Bonchev–Trinajstić information content (AvgIpc) is 2.24. The Morgan fingerprint density at radius 1 is 1.29 bits per heavy atom. The van der Waals surface area contributed by atoms with Gasteiger partial charge in [0.25, 0.3) is 0 Å². The van der Waals surface area contributed by atoms with Gasteiger partial charge in [0, 0.05) is 0 Å². The first-order chi connectivity index (χ1) is 7.51. The number of hydrogen-bond acceptors (Lipinski definition) is 6. The number of ether oxygens (including phenoxy) is 1. The molecule has 1 unspecified atom stereocenters. The molecular weight excluding hydrogens is 259 g/mol. The molecule has 0 saturated heterocycles. The summed E-state index contributed by atoms with van der Waals surface area (Å²) in [7, 11) is -4.83. The van der Waals surface area contributed by atoms with E-state index in [4.69, 9.17) is 9.84 Å². The third-order valence-corrected chi connectivity index (χ3v) is 2.14. The van der Waals surface area contributed by atoms with E-state index in [1.54, 1.807) is 30.3 Å². The van der Waals surface area contributed by atoms with Crippen LogP contribution in [0.3, 0.4) is 0 Å². The fourth-order valence-electron chi connectivity index (χ4n) is 0.983. The van der Waals surface area contributed by atoms with Crippen molar-refractivity contribution in [2.75, 3.05) is 13.2 Å². The Morgan fingerprint density at radius 3 is 2.35 bits per heavy atom. The van der Waals surface area contributed by atoms with Gasteiger partial charge in [0.2, 0.25) is 10.4 Å². The monoisotopic (exact) mass is 270 g/mol. The maximum atomic E-state index is 10.3. The third-order valence-electron chi connectivity index (χ3n) is 1.64. The van der Waals surface area contributed by atoms with Crippen LogP contribution in [0.2, 0.25) is 0 Å². The Bertz CT molecular complexity index is 407. The summed E-state index contributed by atoms with van der Waals surface area (Å²) in [6, 6.07) is 8.55. The molecule has 0 aliphatic heterocycles. The molecule has 1 aromatic carbocycles. The van der Waals surface area contributed by atoms with Crippen LogP contribution in [0.4, 0.5) is 0 Å². The van der Waals surface area contributed by atoms with E-state index in [0.717, 1.165) is 0 Å². The zero-order valence-electron chi connectivity index (χ0n) is 9.28. The maximum Gasteiger partial charge on any atom is 1.00 e. The van der Waals surface area contributed by atoms with E-state index in [2.05, 4.69) is 4.18 Å². The summed E-state index contributed by atoms with van der Waals surface area (Å²) in [5.74, 6) is 0.493. The second-order valence-corrected chi connectivity index (χ2v) is 3.94. The molecule has 0 bridgehead atoms. The predicted octanol–water partition coefficient (Wildman–Crippen LogP) is -3.09. The Labute approximate surface area is 122 Å². The molecule has 1 aromatic rings. The fourth-order valence-corrected chi connectivity index (χ4v) is 1.43. The molecule has 1 N–H and O–H groups in total. The summed E-state index contributed by atoms with van der Waals surface area (Å²) >= 11 is 0. The van der Waals surface area contributed by atoms with E-state index >= 15 is 0 Å². The number of aliphatic hydroxyl groups is 1. The minimum atomic E-state index is -4.83. The molecule has 17 heavy (non-hydrogen) atoms. The summed E-state index contributed by atoms with van der Waals surface area (Å²) in [4.78, 5) is 0. The van der Waals surface area contributed by atoms with Crippen molar-refractivity contribution >= 4 is 10.4 Å². The molecule has 0 aliphatic carbocycles. The van der Waals surface area contributed by atoms with Gasteiger partial charge in [-0.1, -0.05) is 18.2 Å². The first-order valence-electron chi connectivity index (χ1n) is 4.44. The minimum absolute atomic E-state index is 0. The number of aliphatic hydroxyl groups excluding tert-OH is 1. The quantitative estimate of drug-likeness (QED) is 0.334. The summed E-state index contributed by atoms with van der Waals surface area (Å²) in [5.41, 5.74) is 0. The third kappa shape index (κ3) is 7.72. The van der Waals surface area contributed by atoms with Crippen molar-refractivity contribution in [2.45, 2.75) is 6.10 Å². The summed E-state index contributed by atoms with van der Waals surface area (Å²) in [6.07, 6.45) is -1.19. The molecule has 0 fully saturated rings. The van der Waals surface area contributed by atoms with Gasteiger partial charge < -0.3 is 14.4 Å². The van der Waals surface area contributed by atoms with Gasteiger partial charge in [0.15, 0.2) is 0 Å². The van der Waals surface area contributed by atoms with Crippen molar-refractivity contribution in [3.05, 3.63) is 30.3 Å². The molecule has 0 saturated carbocycles. The van der Waals surface area contributed by atoms with Gasteiger partial charge in [-0.25, -0.2) is 8.42 Å². The predicted molar refractivity (Wildman–Crippen MR) is 53.6 cm³/mol. The topological polar surface area (TPSA) is 95.9 Å². The summed E-state index contributed by atoms with van der Waals surface area (Å²) in [6.45, 7) is -0.837. The van der Waals surface area contributed by atoms with Gasteiger partial charge >= 0.3 is 29.6 Å². The molecule has 90 valence electrons. The molecule has 1 atom stereocenters. The summed E-state index contributed by atoms with van der Waals surface area (Å²) in [5, 5.41) is 8.76. The SMILES string of the molecule is O=S(=O)([O-])OC(CO)COc1ccccc1.[Na+]. The van der Waals surface area contributed by atoms with E-state index in [1.807, 2.05) is 0 Å². The van der Waals surface area contributed by atoms with E-state index in [-0.39, 0.29) is 36.2 Å². The molecule has 0 radical (unpaired) electrons. The van der Waals surface area contributed by atoms with Crippen LogP contribution in [0.1, 0.15) is 0 Å².